The molecule has 1 fully saturated rings. The van der Waals surface area contributed by atoms with Crippen LogP contribution in [0, 0.1) is 19.3 Å². The number of hydrogen-bond donors (Lipinski definition) is 1. The van der Waals surface area contributed by atoms with Crippen molar-refractivity contribution in [3.8, 4) is 5.75 Å². The lowest BCUT2D eigenvalue weighted by Gasteiger charge is -2.32. The predicted octanol–water partition coefficient (Wildman–Crippen LogP) is 4.19. The van der Waals surface area contributed by atoms with Gasteiger partial charge in [0.2, 0.25) is 0 Å². The number of hydrogen-bond acceptors (Lipinski definition) is 2. The zero-order valence-corrected chi connectivity index (χ0v) is 13.4. The maximum atomic E-state index is 10.2. The maximum Gasteiger partial charge on any atom is 0.122 e. The minimum Gasteiger partial charge on any atom is -0.496 e. The van der Waals surface area contributed by atoms with Gasteiger partial charge in [-0.05, 0) is 61.4 Å². The van der Waals surface area contributed by atoms with Crippen molar-refractivity contribution in [2.24, 2.45) is 5.41 Å². The molecule has 21 heavy (non-hydrogen) atoms. The molecule has 0 saturated heterocycles. The van der Waals surface area contributed by atoms with E-state index in [1.54, 1.807) is 7.11 Å². The van der Waals surface area contributed by atoms with Crippen LogP contribution < -0.4 is 4.74 Å². The van der Waals surface area contributed by atoms with Crippen molar-refractivity contribution >= 4 is 5.57 Å². The first-order chi connectivity index (χ1) is 9.97. The minimum atomic E-state index is -0.194. The minimum absolute atomic E-state index is 0.0427. The Morgan fingerprint density at radius 2 is 2.00 bits per heavy atom. The fourth-order valence-corrected chi connectivity index (χ4v) is 3.70. The lowest BCUT2D eigenvalue weighted by molar-refractivity contribution is 0.0853. The zero-order chi connectivity index (χ0) is 15.2. The van der Waals surface area contributed by atoms with Crippen molar-refractivity contribution in [3.05, 3.63) is 46.5 Å². The third-order valence-electron chi connectivity index (χ3n) is 5.50. The number of ether oxygens (including phenoxy) is 1. The first-order valence-electron chi connectivity index (χ1n) is 7.71. The topological polar surface area (TPSA) is 29.5 Å². The van der Waals surface area contributed by atoms with E-state index in [1.165, 1.54) is 27.8 Å². The van der Waals surface area contributed by atoms with Crippen molar-refractivity contribution in [1.82, 2.24) is 0 Å². The number of aliphatic hydroxyl groups excluding tert-OH is 1. The molecule has 0 spiro atoms. The van der Waals surface area contributed by atoms with Gasteiger partial charge in [-0.15, -0.1) is 0 Å². The summed E-state index contributed by atoms with van der Waals surface area (Å²) in [6.07, 6.45) is 7.23. The van der Waals surface area contributed by atoms with E-state index >= 15 is 0 Å². The molecule has 2 aliphatic carbocycles. The normalized spacial score (nSPS) is 28.0. The van der Waals surface area contributed by atoms with E-state index < -0.39 is 0 Å². The highest BCUT2D eigenvalue weighted by atomic mass is 16.5. The van der Waals surface area contributed by atoms with Gasteiger partial charge in [-0.25, -0.2) is 0 Å². The second kappa shape index (κ2) is 5.03. The van der Waals surface area contributed by atoms with Crippen LogP contribution in [0.5, 0.6) is 5.75 Å². The fourth-order valence-electron chi connectivity index (χ4n) is 3.70. The molecular weight excluding hydrogens is 260 g/mol. The largest absolute Gasteiger partial charge is 0.496 e. The summed E-state index contributed by atoms with van der Waals surface area (Å²) in [5.74, 6) is 0.946. The molecule has 0 aromatic heterocycles. The van der Waals surface area contributed by atoms with Gasteiger partial charge in [0.25, 0.3) is 0 Å². The van der Waals surface area contributed by atoms with Gasteiger partial charge >= 0.3 is 0 Å². The Balaban J connectivity index is 2.01. The van der Waals surface area contributed by atoms with Gasteiger partial charge in [0.05, 0.1) is 13.2 Å². The summed E-state index contributed by atoms with van der Waals surface area (Å²) in [4.78, 5) is 0. The monoisotopic (exact) mass is 284 g/mol. The quantitative estimate of drug-likeness (QED) is 0.882. The van der Waals surface area contributed by atoms with Crippen molar-refractivity contribution < 1.29 is 9.84 Å². The SMILES string of the molecule is COc1ccc(C2=CC[C@@]3(C)C(=C2)CC[C@@H]3O)c(C)c1C. The lowest BCUT2D eigenvalue weighted by atomic mass is 9.74. The molecule has 0 radical (unpaired) electrons. The summed E-state index contributed by atoms with van der Waals surface area (Å²) in [5.41, 5.74) is 6.41. The molecule has 0 unspecified atom stereocenters. The molecule has 1 aromatic carbocycles. The van der Waals surface area contributed by atoms with Crippen molar-refractivity contribution in [2.45, 2.75) is 46.1 Å². The van der Waals surface area contributed by atoms with E-state index in [0.29, 0.717) is 0 Å². The zero-order valence-electron chi connectivity index (χ0n) is 13.4. The van der Waals surface area contributed by atoms with Gasteiger partial charge in [-0.1, -0.05) is 30.7 Å². The molecule has 1 saturated carbocycles. The average Bonchev–Trinajstić information content (AvgIpc) is 2.77. The highest BCUT2D eigenvalue weighted by Gasteiger charge is 2.42. The van der Waals surface area contributed by atoms with Gasteiger partial charge in [-0.2, -0.15) is 0 Å². The van der Waals surface area contributed by atoms with Gasteiger partial charge in [0, 0.05) is 5.41 Å². The number of allylic oxidation sites excluding steroid dienone is 3. The van der Waals surface area contributed by atoms with Crippen LogP contribution in [0.15, 0.2) is 29.9 Å². The number of rotatable bonds is 2. The average molecular weight is 284 g/mol. The Labute approximate surface area is 127 Å². The van der Waals surface area contributed by atoms with Crippen molar-refractivity contribution in [1.29, 1.82) is 0 Å². The summed E-state index contributed by atoms with van der Waals surface area (Å²) < 4.78 is 5.40. The molecule has 1 aromatic rings. The summed E-state index contributed by atoms with van der Waals surface area (Å²) in [6, 6.07) is 4.20. The molecule has 0 aliphatic heterocycles. The van der Waals surface area contributed by atoms with Crippen LogP contribution in [0.4, 0.5) is 0 Å². The summed E-state index contributed by atoms with van der Waals surface area (Å²) in [6.45, 7) is 6.46. The van der Waals surface area contributed by atoms with Crippen LogP contribution in [-0.4, -0.2) is 18.3 Å². The van der Waals surface area contributed by atoms with Crippen LogP contribution in [0.2, 0.25) is 0 Å². The summed E-state index contributed by atoms with van der Waals surface area (Å²) in [5, 5.41) is 10.2. The highest BCUT2D eigenvalue weighted by Crippen LogP contribution is 2.50. The number of aliphatic hydroxyl groups is 1. The van der Waals surface area contributed by atoms with E-state index in [1.807, 2.05) is 6.07 Å². The first-order valence-corrected chi connectivity index (χ1v) is 7.71. The van der Waals surface area contributed by atoms with Gasteiger partial charge < -0.3 is 9.84 Å². The van der Waals surface area contributed by atoms with Crippen LogP contribution in [0.1, 0.15) is 42.9 Å². The smallest absolute Gasteiger partial charge is 0.122 e. The molecule has 112 valence electrons. The van der Waals surface area contributed by atoms with E-state index in [2.05, 4.69) is 39.0 Å². The number of benzene rings is 1. The van der Waals surface area contributed by atoms with Crippen molar-refractivity contribution in [3.63, 3.8) is 0 Å². The Bertz CT molecular complexity index is 639. The standard InChI is InChI=1S/C19H24O2/c1-12-13(2)17(21-4)7-6-16(12)14-9-10-19(3)15(11-14)5-8-18(19)20/h6-7,9,11,18,20H,5,8,10H2,1-4H3/t18-,19-/m0/s1. The Morgan fingerprint density at radius 1 is 1.24 bits per heavy atom. The van der Waals surface area contributed by atoms with Gasteiger partial charge in [0.1, 0.15) is 5.75 Å². The Kier molecular flexibility index (Phi) is 3.45. The number of methoxy groups -OCH3 is 1. The van der Waals surface area contributed by atoms with E-state index in [-0.39, 0.29) is 11.5 Å². The van der Waals surface area contributed by atoms with Gasteiger partial charge in [0.15, 0.2) is 0 Å². The second-order valence-electron chi connectivity index (χ2n) is 6.57. The third-order valence-corrected chi connectivity index (χ3v) is 5.50. The van der Waals surface area contributed by atoms with E-state index in [4.69, 9.17) is 4.74 Å². The van der Waals surface area contributed by atoms with Crippen LogP contribution >= 0.6 is 0 Å². The Morgan fingerprint density at radius 3 is 2.71 bits per heavy atom. The van der Waals surface area contributed by atoms with E-state index in [9.17, 15) is 5.11 Å². The fraction of sp³-hybridized carbons (Fsp3) is 0.474. The molecule has 0 amide bonds. The van der Waals surface area contributed by atoms with Crippen LogP contribution in [-0.2, 0) is 0 Å². The molecule has 1 N–H and O–H groups in total. The van der Waals surface area contributed by atoms with Crippen LogP contribution in [0.3, 0.4) is 0 Å². The molecule has 2 nitrogen and oxygen atoms in total. The van der Waals surface area contributed by atoms with Crippen molar-refractivity contribution in [2.75, 3.05) is 7.11 Å². The third kappa shape index (κ3) is 2.13. The Hall–Kier alpha value is -1.54. The molecule has 0 heterocycles. The maximum absolute atomic E-state index is 10.2. The first kappa shape index (κ1) is 14.4. The summed E-state index contributed by atoms with van der Waals surface area (Å²) in [7, 11) is 1.72. The molecule has 2 atom stereocenters. The number of fused-ring (bicyclic) bond motifs is 1. The molecular formula is C19H24O2. The summed E-state index contributed by atoms with van der Waals surface area (Å²) >= 11 is 0. The molecule has 3 rings (SSSR count). The predicted molar refractivity (Wildman–Crippen MR) is 86.5 cm³/mol. The molecule has 2 aliphatic rings. The molecule has 0 bridgehead atoms. The lowest BCUT2D eigenvalue weighted by Crippen LogP contribution is -2.28. The molecule has 2 heteroatoms. The second-order valence-corrected chi connectivity index (χ2v) is 6.57. The van der Waals surface area contributed by atoms with Crippen LogP contribution in [0.25, 0.3) is 5.57 Å². The van der Waals surface area contributed by atoms with Gasteiger partial charge in [-0.3, -0.25) is 0 Å². The highest BCUT2D eigenvalue weighted by molar-refractivity contribution is 5.79. The van der Waals surface area contributed by atoms with E-state index in [0.717, 1.165) is 25.0 Å².